The van der Waals surface area contributed by atoms with Crippen molar-refractivity contribution in [1.29, 1.82) is 0 Å². The number of amides is 2. The number of rotatable bonds is 5. The van der Waals surface area contributed by atoms with Gasteiger partial charge in [-0.15, -0.1) is 0 Å². The van der Waals surface area contributed by atoms with Gasteiger partial charge in [0.15, 0.2) is 0 Å². The third kappa shape index (κ3) is 4.75. The number of nitrogens with one attached hydrogen (secondary N) is 2. The van der Waals surface area contributed by atoms with Crippen LogP contribution >= 0.6 is 15.9 Å². The van der Waals surface area contributed by atoms with Crippen molar-refractivity contribution in [3.63, 3.8) is 0 Å². The van der Waals surface area contributed by atoms with E-state index in [1.165, 1.54) is 0 Å². The maximum absolute atomic E-state index is 11.5. The van der Waals surface area contributed by atoms with Crippen LogP contribution in [0, 0.1) is 0 Å². The van der Waals surface area contributed by atoms with Gasteiger partial charge in [0.2, 0.25) is 0 Å². The average Bonchev–Trinajstić information content (AvgIpc) is 2.33. The number of carbonyl (C=O) groups excluding carboxylic acids is 1. The molecule has 2 amide bonds. The van der Waals surface area contributed by atoms with E-state index in [9.17, 15) is 9.59 Å². The van der Waals surface area contributed by atoms with Crippen LogP contribution in [0.3, 0.4) is 0 Å². The number of carboxylic acids is 1. The van der Waals surface area contributed by atoms with E-state index in [0.29, 0.717) is 13.0 Å². The summed E-state index contributed by atoms with van der Waals surface area (Å²) >= 11 is 3.33. The molecule has 1 rings (SSSR count). The third-order valence-electron chi connectivity index (χ3n) is 2.35. The van der Waals surface area contributed by atoms with Crippen molar-refractivity contribution in [2.24, 2.45) is 0 Å². The third-order valence-corrected chi connectivity index (χ3v) is 2.85. The summed E-state index contributed by atoms with van der Waals surface area (Å²) in [5, 5.41) is 13.8. The Kier molecular flexibility index (Phi) is 5.64. The van der Waals surface area contributed by atoms with Gasteiger partial charge in [-0.05, 0) is 24.1 Å². The molecule has 1 aromatic rings. The van der Waals surface area contributed by atoms with E-state index in [1.807, 2.05) is 24.3 Å². The zero-order chi connectivity index (χ0) is 13.5. The van der Waals surface area contributed by atoms with Crippen LogP contribution in [0.2, 0.25) is 0 Å². The molecule has 6 heteroatoms. The summed E-state index contributed by atoms with van der Waals surface area (Å²) in [6.45, 7) is 2.05. The van der Waals surface area contributed by atoms with Gasteiger partial charge in [0.1, 0.15) is 6.04 Å². The first-order valence-electron chi connectivity index (χ1n) is 5.54. The predicted octanol–water partition coefficient (Wildman–Crippen LogP) is 2.11. The van der Waals surface area contributed by atoms with Crippen molar-refractivity contribution in [1.82, 2.24) is 10.6 Å². The monoisotopic (exact) mass is 314 g/mol. The quantitative estimate of drug-likeness (QED) is 0.779. The molecule has 0 saturated carbocycles. The largest absolute Gasteiger partial charge is 0.480 e. The van der Waals surface area contributed by atoms with E-state index in [2.05, 4.69) is 26.6 Å². The maximum Gasteiger partial charge on any atom is 0.326 e. The molecular weight excluding hydrogens is 300 g/mol. The minimum atomic E-state index is -1.03. The number of halogens is 1. The second kappa shape index (κ2) is 7.00. The molecule has 0 aliphatic heterocycles. The highest BCUT2D eigenvalue weighted by Crippen LogP contribution is 2.11. The fourth-order valence-electron chi connectivity index (χ4n) is 1.38. The Balaban J connectivity index is 2.44. The van der Waals surface area contributed by atoms with E-state index in [4.69, 9.17) is 5.11 Å². The average molecular weight is 315 g/mol. The molecule has 0 radical (unpaired) electrons. The molecule has 0 unspecified atom stereocenters. The minimum absolute atomic E-state index is 0.347. The Labute approximate surface area is 114 Å². The van der Waals surface area contributed by atoms with Crippen LogP contribution < -0.4 is 10.6 Å². The Morgan fingerprint density at radius 2 is 2.17 bits per heavy atom. The second-order valence-corrected chi connectivity index (χ2v) is 4.67. The van der Waals surface area contributed by atoms with Crippen LogP contribution in [0.15, 0.2) is 28.7 Å². The lowest BCUT2D eigenvalue weighted by molar-refractivity contribution is -0.139. The summed E-state index contributed by atoms with van der Waals surface area (Å²) in [4.78, 5) is 22.2. The molecule has 0 aliphatic rings. The van der Waals surface area contributed by atoms with Crippen molar-refractivity contribution in [2.75, 3.05) is 0 Å². The lowest BCUT2D eigenvalue weighted by Gasteiger charge is -2.13. The van der Waals surface area contributed by atoms with E-state index in [0.717, 1.165) is 10.0 Å². The van der Waals surface area contributed by atoms with Crippen molar-refractivity contribution in [2.45, 2.75) is 25.9 Å². The number of benzene rings is 1. The minimum Gasteiger partial charge on any atom is -0.480 e. The molecular formula is C12H15BrN2O3. The number of hydrogen-bond donors (Lipinski definition) is 3. The van der Waals surface area contributed by atoms with Crippen LogP contribution in [0.5, 0.6) is 0 Å². The van der Waals surface area contributed by atoms with Crippen LogP contribution in [-0.2, 0) is 11.3 Å². The molecule has 0 aliphatic carbocycles. The van der Waals surface area contributed by atoms with Crippen molar-refractivity contribution in [3.8, 4) is 0 Å². The fourth-order valence-corrected chi connectivity index (χ4v) is 1.82. The molecule has 18 heavy (non-hydrogen) atoms. The summed E-state index contributed by atoms with van der Waals surface area (Å²) in [6.07, 6.45) is 0.347. The molecule has 0 fully saturated rings. The number of aliphatic carboxylic acids is 1. The van der Waals surface area contributed by atoms with Gasteiger partial charge < -0.3 is 15.7 Å². The highest BCUT2D eigenvalue weighted by molar-refractivity contribution is 9.10. The van der Waals surface area contributed by atoms with Crippen molar-refractivity contribution < 1.29 is 14.7 Å². The normalized spacial score (nSPS) is 11.7. The van der Waals surface area contributed by atoms with Crippen molar-refractivity contribution >= 4 is 27.9 Å². The summed E-state index contributed by atoms with van der Waals surface area (Å²) in [7, 11) is 0. The van der Waals surface area contributed by atoms with Gasteiger partial charge in [0.25, 0.3) is 0 Å². The molecule has 0 saturated heterocycles. The van der Waals surface area contributed by atoms with Gasteiger partial charge >= 0.3 is 12.0 Å². The first kappa shape index (κ1) is 14.5. The highest BCUT2D eigenvalue weighted by atomic mass is 79.9. The number of carboxylic acid groups (broad SMARTS) is 1. The summed E-state index contributed by atoms with van der Waals surface area (Å²) < 4.78 is 0.930. The number of hydrogen-bond acceptors (Lipinski definition) is 2. The van der Waals surface area contributed by atoms with E-state index in [-0.39, 0.29) is 0 Å². The molecule has 0 bridgehead atoms. The Hall–Kier alpha value is -1.56. The zero-order valence-corrected chi connectivity index (χ0v) is 11.5. The zero-order valence-electron chi connectivity index (χ0n) is 9.94. The summed E-state index contributed by atoms with van der Waals surface area (Å²) in [6, 6.07) is 6.18. The van der Waals surface area contributed by atoms with Gasteiger partial charge in [0, 0.05) is 11.0 Å². The summed E-state index contributed by atoms with van der Waals surface area (Å²) in [5.41, 5.74) is 0.933. The van der Waals surface area contributed by atoms with Gasteiger partial charge in [-0.1, -0.05) is 35.0 Å². The van der Waals surface area contributed by atoms with E-state index < -0.39 is 18.0 Å². The standard InChI is InChI=1S/C12H15BrN2O3/c1-2-10(11(16)17)15-12(18)14-7-8-4-3-5-9(13)6-8/h3-6,10H,2,7H2,1H3,(H,16,17)(H2,14,15,18)/t10-/m1/s1. The maximum atomic E-state index is 11.5. The topological polar surface area (TPSA) is 78.4 Å². The molecule has 1 aromatic carbocycles. The molecule has 5 nitrogen and oxygen atoms in total. The molecule has 0 heterocycles. The first-order chi connectivity index (χ1) is 8.52. The molecule has 3 N–H and O–H groups in total. The number of urea groups is 1. The Bertz CT molecular complexity index is 437. The SMILES string of the molecule is CC[C@@H](NC(=O)NCc1cccc(Br)c1)C(=O)O. The lowest BCUT2D eigenvalue weighted by atomic mass is 10.2. The Morgan fingerprint density at radius 1 is 1.44 bits per heavy atom. The molecule has 0 spiro atoms. The van der Waals surface area contributed by atoms with Gasteiger partial charge in [-0.25, -0.2) is 9.59 Å². The Morgan fingerprint density at radius 3 is 2.72 bits per heavy atom. The smallest absolute Gasteiger partial charge is 0.326 e. The first-order valence-corrected chi connectivity index (χ1v) is 6.34. The predicted molar refractivity (Wildman–Crippen MR) is 71.2 cm³/mol. The lowest BCUT2D eigenvalue weighted by Crippen LogP contribution is -2.45. The fraction of sp³-hybridized carbons (Fsp3) is 0.333. The van der Waals surface area contributed by atoms with Crippen LogP contribution in [-0.4, -0.2) is 23.1 Å². The van der Waals surface area contributed by atoms with Crippen LogP contribution in [0.25, 0.3) is 0 Å². The van der Waals surface area contributed by atoms with Gasteiger partial charge in [-0.3, -0.25) is 0 Å². The van der Waals surface area contributed by atoms with E-state index >= 15 is 0 Å². The van der Waals surface area contributed by atoms with Crippen molar-refractivity contribution in [3.05, 3.63) is 34.3 Å². The van der Waals surface area contributed by atoms with Crippen LogP contribution in [0.1, 0.15) is 18.9 Å². The number of carbonyl (C=O) groups is 2. The van der Waals surface area contributed by atoms with Gasteiger partial charge in [-0.2, -0.15) is 0 Å². The second-order valence-electron chi connectivity index (χ2n) is 3.76. The molecule has 1 atom stereocenters. The highest BCUT2D eigenvalue weighted by Gasteiger charge is 2.16. The van der Waals surface area contributed by atoms with Gasteiger partial charge in [0.05, 0.1) is 0 Å². The van der Waals surface area contributed by atoms with E-state index in [1.54, 1.807) is 6.92 Å². The van der Waals surface area contributed by atoms with Crippen LogP contribution in [0.4, 0.5) is 4.79 Å². The molecule has 98 valence electrons. The summed E-state index contributed by atoms with van der Waals surface area (Å²) in [5.74, 6) is -1.03. The molecule has 0 aromatic heterocycles.